The minimum absolute atomic E-state index is 0.00730. The van der Waals surface area contributed by atoms with Gasteiger partial charge in [0.25, 0.3) is 10.0 Å². The lowest BCUT2D eigenvalue weighted by Crippen LogP contribution is -2.32. The van der Waals surface area contributed by atoms with Crippen molar-refractivity contribution in [3.05, 3.63) is 64.2 Å². The molecule has 0 unspecified atom stereocenters. The molecule has 7 heteroatoms. The molecule has 1 aliphatic rings. The molecule has 1 saturated heterocycles. The molecule has 2 aromatic carbocycles. The maximum absolute atomic E-state index is 13.0. The zero-order valence-corrected chi connectivity index (χ0v) is 23.7. The lowest BCUT2D eigenvalue weighted by molar-refractivity contribution is -0.118. The van der Waals surface area contributed by atoms with E-state index in [9.17, 15) is 13.2 Å². The number of hydrogen-bond acceptors (Lipinski definition) is 5. The van der Waals surface area contributed by atoms with Crippen molar-refractivity contribution in [2.75, 3.05) is 27.3 Å². The second kappa shape index (κ2) is 12.7. The third kappa shape index (κ3) is 8.16. The molecule has 1 heterocycles. The van der Waals surface area contributed by atoms with Crippen LogP contribution in [-0.4, -0.2) is 46.5 Å². The summed E-state index contributed by atoms with van der Waals surface area (Å²) in [5.74, 6) is 6.88. The summed E-state index contributed by atoms with van der Waals surface area (Å²) >= 11 is 0. The molecule has 0 aromatic heterocycles. The minimum atomic E-state index is -3.97. The number of amides is 1. The van der Waals surface area contributed by atoms with Gasteiger partial charge in [-0.25, -0.2) is 13.1 Å². The Bertz CT molecular complexity index is 1220. The normalized spacial score (nSPS) is 14.6. The molecule has 37 heavy (non-hydrogen) atoms. The van der Waals surface area contributed by atoms with Crippen molar-refractivity contribution in [3.8, 4) is 11.8 Å². The maximum Gasteiger partial charge on any atom is 0.264 e. The Labute approximate surface area is 222 Å². The summed E-state index contributed by atoms with van der Waals surface area (Å²) in [6.07, 6.45) is 1.89. The highest BCUT2D eigenvalue weighted by Gasteiger charge is 2.22. The third-order valence-electron chi connectivity index (χ3n) is 6.52. The number of carbonyl (C=O) groups is 1. The van der Waals surface area contributed by atoms with E-state index in [2.05, 4.69) is 56.4 Å². The van der Waals surface area contributed by atoms with Crippen LogP contribution in [0.4, 0.5) is 0 Å². The standard InChI is InChI=1S/C30H40N2O4S/c1-21(2)27-17-25(8-7-23-13-15-36-16-14-23)18-28(22(3)4)29(27)19-30(33)31-37(34,35)26-11-9-24(10-12-26)20-32(5)6/h9-12,17-18,21-23H,13-16,19-20H2,1-6H3,(H,31,33). The second-order valence-corrected chi connectivity index (χ2v) is 12.4. The number of nitrogens with zero attached hydrogens (tertiary/aromatic N) is 1. The molecule has 0 bridgehead atoms. The fourth-order valence-electron chi connectivity index (χ4n) is 4.60. The Balaban J connectivity index is 1.84. The van der Waals surface area contributed by atoms with Gasteiger partial charge in [-0.2, -0.15) is 0 Å². The van der Waals surface area contributed by atoms with Gasteiger partial charge in [0.1, 0.15) is 0 Å². The highest BCUT2D eigenvalue weighted by atomic mass is 32.2. The van der Waals surface area contributed by atoms with Gasteiger partial charge in [-0.1, -0.05) is 51.7 Å². The van der Waals surface area contributed by atoms with E-state index in [1.807, 2.05) is 19.0 Å². The number of benzene rings is 2. The van der Waals surface area contributed by atoms with Gasteiger partial charge in [-0.05, 0) is 85.3 Å². The molecule has 0 aliphatic carbocycles. The van der Waals surface area contributed by atoms with Gasteiger partial charge in [-0.3, -0.25) is 4.79 Å². The predicted molar refractivity (Wildman–Crippen MR) is 148 cm³/mol. The summed E-state index contributed by atoms with van der Waals surface area (Å²) in [6, 6.07) is 10.7. The zero-order chi connectivity index (χ0) is 27.2. The number of carbonyl (C=O) groups excluding carboxylic acids is 1. The van der Waals surface area contributed by atoms with Crippen LogP contribution in [0.1, 0.15) is 80.2 Å². The fraction of sp³-hybridized carbons (Fsp3) is 0.500. The summed E-state index contributed by atoms with van der Waals surface area (Å²) in [5.41, 5.74) is 4.88. The summed E-state index contributed by atoms with van der Waals surface area (Å²) in [4.78, 5) is 15.1. The van der Waals surface area contributed by atoms with Crippen molar-refractivity contribution in [1.29, 1.82) is 0 Å². The number of rotatable bonds is 8. The second-order valence-electron chi connectivity index (χ2n) is 10.7. The molecule has 2 aromatic rings. The molecule has 1 aliphatic heterocycles. The Morgan fingerprint density at radius 3 is 2.11 bits per heavy atom. The van der Waals surface area contributed by atoms with Crippen molar-refractivity contribution in [3.63, 3.8) is 0 Å². The van der Waals surface area contributed by atoms with E-state index in [-0.39, 0.29) is 23.2 Å². The first-order chi connectivity index (χ1) is 17.5. The van der Waals surface area contributed by atoms with Crippen molar-refractivity contribution >= 4 is 15.9 Å². The smallest absolute Gasteiger partial charge is 0.264 e. The van der Waals surface area contributed by atoms with Gasteiger partial charge in [0.15, 0.2) is 0 Å². The van der Waals surface area contributed by atoms with E-state index in [1.54, 1.807) is 24.3 Å². The summed E-state index contributed by atoms with van der Waals surface area (Å²) < 4.78 is 33.6. The van der Waals surface area contributed by atoms with Crippen LogP contribution in [0.25, 0.3) is 0 Å². The average Bonchev–Trinajstić information content (AvgIpc) is 2.83. The topological polar surface area (TPSA) is 75.7 Å². The summed E-state index contributed by atoms with van der Waals surface area (Å²) in [6.45, 7) is 10.6. The van der Waals surface area contributed by atoms with Gasteiger partial charge in [-0.15, -0.1) is 0 Å². The number of nitrogens with one attached hydrogen (secondary N) is 1. The average molecular weight is 525 g/mol. The van der Waals surface area contributed by atoms with E-state index in [4.69, 9.17) is 4.74 Å². The molecule has 1 fully saturated rings. The molecule has 0 spiro atoms. The Morgan fingerprint density at radius 1 is 1.03 bits per heavy atom. The number of hydrogen-bond donors (Lipinski definition) is 1. The van der Waals surface area contributed by atoms with Crippen molar-refractivity contribution in [1.82, 2.24) is 9.62 Å². The largest absolute Gasteiger partial charge is 0.381 e. The minimum Gasteiger partial charge on any atom is -0.381 e. The quantitative estimate of drug-likeness (QED) is 0.501. The molecule has 0 atom stereocenters. The van der Waals surface area contributed by atoms with Gasteiger partial charge < -0.3 is 9.64 Å². The van der Waals surface area contributed by atoms with Crippen LogP contribution in [0.15, 0.2) is 41.3 Å². The van der Waals surface area contributed by atoms with Crippen LogP contribution in [0, 0.1) is 17.8 Å². The van der Waals surface area contributed by atoms with E-state index in [1.165, 1.54) is 0 Å². The van der Waals surface area contributed by atoms with Crippen LogP contribution in [0.5, 0.6) is 0 Å². The lowest BCUT2D eigenvalue weighted by atomic mass is 9.85. The van der Waals surface area contributed by atoms with Crippen molar-refractivity contribution in [2.24, 2.45) is 5.92 Å². The van der Waals surface area contributed by atoms with E-state index in [0.29, 0.717) is 12.5 Å². The van der Waals surface area contributed by atoms with Crippen LogP contribution >= 0.6 is 0 Å². The van der Waals surface area contributed by atoms with Crippen LogP contribution in [0.3, 0.4) is 0 Å². The van der Waals surface area contributed by atoms with Crippen LogP contribution in [0.2, 0.25) is 0 Å². The molecular formula is C30H40N2O4S. The Morgan fingerprint density at radius 2 is 1.59 bits per heavy atom. The highest BCUT2D eigenvalue weighted by molar-refractivity contribution is 7.90. The zero-order valence-electron chi connectivity index (χ0n) is 22.9. The Hall–Kier alpha value is -2.66. The maximum atomic E-state index is 13.0. The van der Waals surface area contributed by atoms with E-state index < -0.39 is 15.9 Å². The molecular weight excluding hydrogens is 484 g/mol. The van der Waals surface area contributed by atoms with Crippen LogP contribution < -0.4 is 4.72 Å². The third-order valence-corrected chi connectivity index (χ3v) is 7.91. The monoisotopic (exact) mass is 524 g/mol. The number of sulfonamides is 1. The first kappa shape index (κ1) is 28.9. The molecule has 1 N–H and O–H groups in total. The fourth-order valence-corrected chi connectivity index (χ4v) is 5.58. The molecule has 0 radical (unpaired) electrons. The SMILES string of the molecule is CC(C)c1cc(C#CC2CCOCC2)cc(C(C)C)c1CC(=O)NS(=O)(=O)c1ccc(CN(C)C)cc1. The first-order valence-corrected chi connectivity index (χ1v) is 14.5. The molecule has 6 nitrogen and oxygen atoms in total. The van der Waals surface area contributed by atoms with Crippen molar-refractivity contribution in [2.45, 2.75) is 70.2 Å². The highest BCUT2D eigenvalue weighted by Crippen LogP contribution is 2.30. The van der Waals surface area contributed by atoms with Gasteiger partial charge in [0, 0.05) is 31.2 Å². The molecule has 200 valence electrons. The summed E-state index contributed by atoms with van der Waals surface area (Å²) in [7, 11) is -0.0631. The van der Waals surface area contributed by atoms with Gasteiger partial charge in [0.2, 0.25) is 5.91 Å². The van der Waals surface area contributed by atoms with Crippen LogP contribution in [-0.2, 0) is 32.5 Å². The first-order valence-electron chi connectivity index (χ1n) is 13.0. The lowest BCUT2D eigenvalue weighted by Gasteiger charge is -2.21. The predicted octanol–water partition coefficient (Wildman–Crippen LogP) is 4.82. The van der Waals surface area contributed by atoms with Gasteiger partial charge >= 0.3 is 0 Å². The van der Waals surface area contributed by atoms with Gasteiger partial charge in [0.05, 0.1) is 11.3 Å². The Kier molecular flexibility index (Phi) is 9.94. The summed E-state index contributed by atoms with van der Waals surface area (Å²) in [5, 5.41) is 0. The van der Waals surface area contributed by atoms with E-state index in [0.717, 1.165) is 53.9 Å². The molecule has 0 saturated carbocycles. The molecule has 1 amide bonds. The van der Waals surface area contributed by atoms with E-state index >= 15 is 0 Å². The van der Waals surface area contributed by atoms with Crippen molar-refractivity contribution < 1.29 is 17.9 Å². The molecule has 3 rings (SSSR count). The number of ether oxygens (including phenoxy) is 1.